The number of nitrogens with one attached hydrogen (secondary N) is 2. The number of halogens is 2. The van der Waals surface area contributed by atoms with Gasteiger partial charge in [-0.1, -0.05) is 6.07 Å². The Morgan fingerprint density at radius 3 is 2.65 bits per heavy atom. The molecular weight excluding hydrogens is 389 g/mol. The van der Waals surface area contributed by atoms with Gasteiger partial charge < -0.3 is 10.6 Å². The first-order valence-electron chi connectivity index (χ1n) is 8.30. The maximum atomic E-state index is 12.5. The number of pyridine rings is 1. The molecule has 1 atom stereocenters. The van der Waals surface area contributed by atoms with E-state index in [2.05, 4.69) is 33.8 Å². The van der Waals surface area contributed by atoms with E-state index in [9.17, 15) is 4.79 Å². The van der Waals surface area contributed by atoms with Gasteiger partial charge in [-0.3, -0.25) is 9.78 Å². The zero-order valence-corrected chi connectivity index (χ0v) is 17.2. The molecule has 1 amide bonds. The summed E-state index contributed by atoms with van der Waals surface area (Å²) in [6.07, 6.45) is 5.66. The van der Waals surface area contributed by atoms with Gasteiger partial charge in [0, 0.05) is 35.3 Å². The zero-order valence-electron chi connectivity index (χ0n) is 14.7. The Kier molecular flexibility index (Phi) is 9.44. The van der Waals surface area contributed by atoms with Crippen molar-refractivity contribution in [3.63, 3.8) is 0 Å². The van der Waals surface area contributed by atoms with Crippen LogP contribution < -0.4 is 10.6 Å². The molecule has 1 aliphatic rings. The number of nitrogens with zero attached hydrogens (tertiary/aromatic N) is 1. The highest BCUT2D eigenvalue weighted by atomic mass is 35.5. The molecule has 0 aliphatic carbocycles. The summed E-state index contributed by atoms with van der Waals surface area (Å²) >= 11 is 1.77. The fourth-order valence-corrected chi connectivity index (χ4v) is 3.65. The lowest BCUT2D eigenvalue weighted by Gasteiger charge is -2.32. The normalized spacial score (nSPS) is 19.0. The summed E-state index contributed by atoms with van der Waals surface area (Å²) in [6, 6.07) is 12.1. The molecule has 1 aromatic carbocycles. The molecule has 3 rings (SSSR count). The van der Waals surface area contributed by atoms with Crippen molar-refractivity contribution in [2.45, 2.75) is 30.4 Å². The number of thioether (sulfide) groups is 1. The number of amides is 1. The molecule has 26 heavy (non-hydrogen) atoms. The third kappa shape index (κ3) is 6.16. The van der Waals surface area contributed by atoms with Crippen LogP contribution >= 0.6 is 36.6 Å². The maximum absolute atomic E-state index is 12.5. The van der Waals surface area contributed by atoms with Gasteiger partial charge in [0.2, 0.25) is 5.91 Å². The second-order valence-corrected chi connectivity index (χ2v) is 7.52. The highest BCUT2D eigenvalue weighted by molar-refractivity contribution is 7.98. The van der Waals surface area contributed by atoms with Crippen LogP contribution in [-0.4, -0.2) is 24.0 Å². The number of hydrogen-bond acceptors (Lipinski definition) is 4. The molecule has 0 spiro atoms. The summed E-state index contributed by atoms with van der Waals surface area (Å²) in [5.74, 6) is 0.994. The van der Waals surface area contributed by atoms with Crippen molar-refractivity contribution in [1.82, 2.24) is 10.3 Å². The molecule has 2 heterocycles. The van der Waals surface area contributed by atoms with E-state index in [-0.39, 0.29) is 36.1 Å². The minimum Gasteiger partial charge on any atom is -0.326 e. The molecule has 7 heteroatoms. The fourth-order valence-electron chi connectivity index (χ4n) is 2.82. The van der Waals surface area contributed by atoms with Gasteiger partial charge in [-0.05, 0) is 62.2 Å². The van der Waals surface area contributed by atoms with Crippen molar-refractivity contribution in [1.29, 1.82) is 0 Å². The minimum absolute atomic E-state index is 0. The van der Waals surface area contributed by atoms with Gasteiger partial charge in [-0.2, -0.15) is 0 Å². The van der Waals surface area contributed by atoms with Crippen molar-refractivity contribution in [2.75, 3.05) is 18.4 Å². The third-order valence-electron chi connectivity index (χ3n) is 4.39. The Hall–Kier alpha value is -1.27. The SMILES string of the molecule is CC1(C(=O)Nc2ccc(SCc3cccnc3)cc2)CCCNC1.Cl.Cl. The predicted molar refractivity (Wildman–Crippen MR) is 114 cm³/mol. The van der Waals surface area contributed by atoms with E-state index in [1.165, 1.54) is 10.5 Å². The van der Waals surface area contributed by atoms with E-state index < -0.39 is 0 Å². The molecule has 1 fully saturated rings. The van der Waals surface area contributed by atoms with Crippen molar-refractivity contribution >= 4 is 48.2 Å². The van der Waals surface area contributed by atoms with Crippen LogP contribution in [0.15, 0.2) is 53.7 Å². The maximum Gasteiger partial charge on any atom is 0.231 e. The van der Waals surface area contributed by atoms with Crippen LogP contribution in [0.5, 0.6) is 0 Å². The van der Waals surface area contributed by atoms with Gasteiger partial charge in [-0.25, -0.2) is 0 Å². The highest BCUT2D eigenvalue weighted by Crippen LogP contribution is 2.28. The lowest BCUT2D eigenvalue weighted by molar-refractivity contribution is -0.125. The standard InChI is InChI=1S/C19H23N3OS.2ClH/c1-19(9-3-11-21-14-19)18(23)22-16-5-7-17(8-6-16)24-13-15-4-2-10-20-12-15;;/h2,4-8,10,12,21H,3,9,11,13-14H2,1H3,(H,22,23);2*1H. The number of carbonyl (C=O) groups excluding carboxylic acids is 1. The van der Waals surface area contributed by atoms with Gasteiger partial charge in [0.05, 0.1) is 5.41 Å². The van der Waals surface area contributed by atoms with Crippen molar-refractivity contribution in [3.05, 3.63) is 54.4 Å². The Bertz CT molecular complexity index is 677. The van der Waals surface area contributed by atoms with Crippen LogP contribution in [0.3, 0.4) is 0 Å². The monoisotopic (exact) mass is 413 g/mol. The number of hydrogen-bond donors (Lipinski definition) is 2. The van der Waals surface area contributed by atoms with E-state index in [4.69, 9.17) is 0 Å². The molecule has 142 valence electrons. The number of aromatic nitrogens is 1. The van der Waals surface area contributed by atoms with Crippen LogP contribution in [0.25, 0.3) is 0 Å². The fraction of sp³-hybridized carbons (Fsp3) is 0.368. The van der Waals surface area contributed by atoms with Crippen LogP contribution in [-0.2, 0) is 10.5 Å². The topological polar surface area (TPSA) is 54.0 Å². The molecule has 1 aromatic heterocycles. The summed E-state index contributed by atoms with van der Waals surface area (Å²) in [6.45, 7) is 3.79. The quantitative estimate of drug-likeness (QED) is 0.705. The summed E-state index contributed by atoms with van der Waals surface area (Å²) in [7, 11) is 0. The van der Waals surface area contributed by atoms with E-state index in [0.29, 0.717) is 0 Å². The minimum atomic E-state index is -0.314. The summed E-state index contributed by atoms with van der Waals surface area (Å²) < 4.78 is 0. The number of benzene rings is 1. The van der Waals surface area contributed by atoms with Crippen LogP contribution in [0.4, 0.5) is 5.69 Å². The lowest BCUT2D eigenvalue weighted by atomic mass is 9.82. The van der Waals surface area contributed by atoms with Crippen LogP contribution in [0.2, 0.25) is 0 Å². The summed E-state index contributed by atoms with van der Waals surface area (Å²) in [5.41, 5.74) is 1.75. The average molecular weight is 414 g/mol. The molecule has 0 bridgehead atoms. The van der Waals surface area contributed by atoms with Gasteiger partial charge in [0.15, 0.2) is 0 Å². The molecule has 0 saturated carbocycles. The van der Waals surface area contributed by atoms with E-state index in [1.807, 2.05) is 31.3 Å². The van der Waals surface area contributed by atoms with Crippen LogP contribution in [0, 0.1) is 5.41 Å². The first-order valence-corrected chi connectivity index (χ1v) is 9.28. The molecule has 1 unspecified atom stereocenters. The molecule has 4 nitrogen and oxygen atoms in total. The molecule has 1 saturated heterocycles. The zero-order chi connectivity index (χ0) is 16.8. The molecule has 2 aromatic rings. The number of piperidine rings is 1. The summed E-state index contributed by atoms with van der Waals surface area (Å²) in [5, 5.41) is 6.37. The molecular formula is C19H25Cl2N3OS. The predicted octanol–water partition coefficient (Wildman–Crippen LogP) is 4.55. The lowest BCUT2D eigenvalue weighted by Crippen LogP contribution is -2.46. The van der Waals surface area contributed by atoms with Gasteiger partial charge in [0.1, 0.15) is 0 Å². The Morgan fingerprint density at radius 1 is 1.27 bits per heavy atom. The van der Waals surface area contributed by atoms with Crippen molar-refractivity contribution in [3.8, 4) is 0 Å². The second kappa shape index (κ2) is 10.8. The molecule has 2 N–H and O–H groups in total. The largest absolute Gasteiger partial charge is 0.326 e. The van der Waals surface area contributed by atoms with Crippen molar-refractivity contribution < 1.29 is 4.79 Å². The third-order valence-corrected chi connectivity index (χ3v) is 5.47. The van der Waals surface area contributed by atoms with E-state index >= 15 is 0 Å². The van der Waals surface area contributed by atoms with Gasteiger partial charge in [-0.15, -0.1) is 36.6 Å². The van der Waals surface area contributed by atoms with E-state index in [1.54, 1.807) is 18.0 Å². The highest BCUT2D eigenvalue weighted by Gasteiger charge is 2.34. The number of anilines is 1. The molecule has 1 aliphatic heterocycles. The van der Waals surface area contributed by atoms with Gasteiger partial charge in [0.25, 0.3) is 0 Å². The second-order valence-electron chi connectivity index (χ2n) is 6.47. The number of rotatable bonds is 5. The van der Waals surface area contributed by atoms with Gasteiger partial charge >= 0.3 is 0 Å². The Labute approximate surface area is 171 Å². The van der Waals surface area contributed by atoms with Crippen molar-refractivity contribution in [2.24, 2.45) is 5.41 Å². The van der Waals surface area contributed by atoms with Crippen LogP contribution in [0.1, 0.15) is 25.3 Å². The first kappa shape index (κ1) is 22.8. The average Bonchev–Trinajstić information content (AvgIpc) is 2.62. The number of carbonyl (C=O) groups is 1. The molecule has 0 radical (unpaired) electrons. The Morgan fingerprint density at radius 2 is 2.04 bits per heavy atom. The smallest absolute Gasteiger partial charge is 0.231 e. The summed E-state index contributed by atoms with van der Waals surface area (Å²) in [4.78, 5) is 17.8. The van der Waals surface area contributed by atoms with E-state index in [0.717, 1.165) is 37.4 Å². The Balaban J connectivity index is 0.00000169. The first-order chi connectivity index (χ1) is 11.7.